The van der Waals surface area contributed by atoms with Crippen LogP contribution in [-0.4, -0.2) is 46.3 Å². The lowest BCUT2D eigenvalue weighted by Crippen LogP contribution is -2.22. The van der Waals surface area contributed by atoms with Crippen LogP contribution in [0.2, 0.25) is 0 Å². The second-order valence-corrected chi connectivity index (χ2v) is 6.32. The van der Waals surface area contributed by atoms with E-state index in [1.54, 1.807) is 6.92 Å². The highest BCUT2D eigenvalue weighted by Gasteiger charge is 2.15. The summed E-state index contributed by atoms with van der Waals surface area (Å²) in [6.45, 7) is 3.22. The monoisotopic (exact) mass is 320 g/mol. The number of hydrogen-bond donors (Lipinski definition) is 2. The van der Waals surface area contributed by atoms with Crippen LogP contribution in [0, 0.1) is 6.92 Å². The van der Waals surface area contributed by atoms with Gasteiger partial charge < -0.3 is 10.2 Å². The molecule has 0 saturated heterocycles. The van der Waals surface area contributed by atoms with E-state index in [1.165, 1.54) is 16.9 Å². The number of nitrogens with zero attached hydrogens (tertiary/aromatic N) is 2. The number of aromatic nitrogens is 1. The molecule has 2 N–H and O–H groups in total. The van der Waals surface area contributed by atoms with Crippen LogP contribution in [0.3, 0.4) is 0 Å². The van der Waals surface area contributed by atoms with Crippen LogP contribution < -0.4 is 0 Å². The van der Waals surface area contributed by atoms with Gasteiger partial charge in [-0.05, 0) is 25.1 Å². The Morgan fingerprint density at radius 1 is 1.32 bits per heavy atom. The molecule has 1 heterocycles. The third kappa shape index (κ3) is 4.13. The summed E-state index contributed by atoms with van der Waals surface area (Å²) in [5, 5.41) is 18.9. The van der Waals surface area contributed by atoms with Crippen LogP contribution >= 0.6 is 11.3 Å². The van der Waals surface area contributed by atoms with Crippen molar-refractivity contribution in [3.8, 4) is 0 Å². The Labute approximate surface area is 133 Å². The van der Waals surface area contributed by atoms with Crippen LogP contribution in [0.1, 0.15) is 31.5 Å². The number of aromatic carboxylic acids is 1. The molecule has 0 aliphatic carbocycles. The molecule has 0 atom stereocenters. The van der Waals surface area contributed by atoms with Crippen LogP contribution in [0.4, 0.5) is 0 Å². The summed E-state index contributed by atoms with van der Waals surface area (Å²) in [6.07, 6.45) is 0.627. The van der Waals surface area contributed by atoms with E-state index in [1.807, 2.05) is 25.2 Å². The lowest BCUT2D eigenvalue weighted by molar-refractivity contribution is 0.0701. The van der Waals surface area contributed by atoms with Gasteiger partial charge in [0.2, 0.25) is 0 Å². The molecule has 2 rings (SSSR count). The molecule has 22 heavy (non-hydrogen) atoms. The number of rotatable bonds is 7. The summed E-state index contributed by atoms with van der Waals surface area (Å²) >= 11 is 1.24. The highest BCUT2D eigenvalue weighted by Crippen LogP contribution is 2.22. The van der Waals surface area contributed by atoms with E-state index in [0.29, 0.717) is 23.5 Å². The minimum atomic E-state index is -0.919. The molecule has 1 aromatic carbocycles. The van der Waals surface area contributed by atoms with Crippen LogP contribution in [0.15, 0.2) is 24.3 Å². The van der Waals surface area contributed by atoms with Gasteiger partial charge in [0.1, 0.15) is 4.88 Å². The Balaban J connectivity index is 2.19. The van der Waals surface area contributed by atoms with Crippen molar-refractivity contribution in [2.45, 2.75) is 19.9 Å². The Hall–Kier alpha value is -1.76. The first-order chi connectivity index (χ1) is 10.5. The number of carboxylic acids is 1. The fraction of sp³-hybridized carbons (Fsp3) is 0.375. The van der Waals surface area contributed by atoms with Crippen LogP contribution in [-0.2, 0) is 13.0 Å². The van der Waals surface area contributed by atoms with E-state index in [-0.39, 0.29) is 6.61 Å². The number of aryl methyl sites for hydroxylation is 1. The first-order valence-electron chi connectivity index (χ1n) is 7.07. The standard InChI is InChI=1S/C16H20N2O3S/c1-11-15(16(20)21)22-14(17-11)9-12-5-3-4-6-13(12)10-18(2)7-8-19/h3-6,19H,7-10H2,1-2H3,(H,20,21). The second kappa shape index (κ2) is 7.49. The number of benzene rings is 1. The molecule has 0 radical (unpaired) electrons. The van der Waals surface area contributed by atoms with E-state index < -0.39 is 5.97 Å². The van der Waals surface area contributed by atoms with Gasteiger partial charge in [0.15, 0.2) is 0 Å². The van der Waals surface area contributed by atoms with Crippen molar-refractivity contribution in [2.24, 2.45) is 0 Å². The largest absolute Gasteiger partial charge is 0.477 e. The lowest BCUT2D eigenvalue weighted by Gasteiger charge is -2.17. The molecule has 2 aromatic rings. The molecule has 0 aliphatic heterocycles. The zero-order chi connectivity index (χ0) is 16.1. The van der Waals surface area contributed by atoms with Crippen LogP contribution in [0.25, 0.3) is 0 Å². The Morgan fingerprint density at radius 2 is 2.00 bits per heavy atom. The fourth-order valence-corrected chi connectivity index (χ4v) is 3.24. The van der Waals surface area contributed by atoms with Gasteiger partial charge in [0.05, 0.1) is 17.3 Å². The quantitative estimate of drug-likeness (QED) is 0.818. The van der Waals surface area contributed by atoms with Crippen molar-refractivity contribution >= 4 is 17.3 Å². The Bertz CT molecular complexity index is 655. The average molecular weight is 320 g/mol. The highest BCUT2D eigenvalue weighted by atomic mass is 32.1. The van der Waals surface area contributed by atoms with Gasteiger partial charge in [-0.25, -0.2) is 9.78 Å². The van der Waals surface area contributed by atoms with Gasteiger partial charge in [-0.2, -0.15) is 0 Å². The van der Waals surface area contributed by atoms with Crippen molar-refractivity contribution in [1.29, 1.82) is 0 Å². The van der Waals surface area contributed by atoms with Gasteiger partial charge in [0.25, 0.3) is 0 Å². The molecule has 0 amide bonds. The smallest absolute Gasteiger partial charge is 0.347 e. The van der Waals surface area contributed by atoms with Crippen molar-refractivity contribution in [3.05, 3.63) is 51.0 Å². The summed E-state index contributed by atoms with van der Waals surface area (Å²) in [4.78, 5) is 17.8. The normalized spacial score (nSPS) is 11.1. The molecule has 0 unspecified atom stereocenters. The van der Waals surface area contributed by atoms with E-state index >= 15 is 0 Å². The van der Waals surface area contributed by atoms with E-state index in [4.69, 9.17) is 10.2 Å². The molecule has 0 fully saturated rings. The molecule has 0 saturated carbocycles. The molecule has 1 aromatic heterocycles. The zero-order valence-corrected chi connectivity index (χ0v) is 13.6. The third-order valence-electron chi connectivity index (χ3n) is 3.42. The van der Waals surface area contributed by atoms with Crippen molar-refractivity contribution in [3.63, 3.8) is 0 Å². The maximum absolute atomic E-state index is 11.1. The van der Waals surface area contributed by atoms with E-state index in [0.717, 1.165) is 17.1 Å². The molecular weight excluding hydrogens is 300 g/mol. The van der Waals surface area contributed by atoms with E-state index in [9.17, 15) is 4.79 Å². The lowest BCUT2D eigenvalue weighted by atomic mass is 10.0. The Kier molecular flexibility index (Phi) is 5.65. The molecule has 0 bridgehead atoms. The first kappa shape index (κ1) is 16.6. The number of thiazole rings is 1. The SMILES string of the molecule is Cc1nc(Cc2ccccc2CN(C)CCO)sc1C(=O)O. The van der Waals surface area contributed by atoms with Gasteiger partial charge in [-0.1, -0.05) is 24.3 Å². The summed E-state index contributed by atoms with van der Waals surface area (Å²) in [5.74, 6) is -0.919. The number of carbonyl (C=O) groups is 1. The van der Waals surface area contributed by atoms with Gasteiger partial charge in [-0.15, -0.1) is 11.3 Å². The summed E-state index contributed by atoms with van der Waals surface area (Å²) in [5.41, 5.74) is 2.88. The van der Waals surface area contributed by atoms with E-state index in [2.05, 4.69) is 16.0 Å². The highest BCUT2D eigenvalue weighted by molar-refractivity contribution is 7.13. The van der Waals surface area contributed by atoms with Crippen molar-refractivity contribution in [2.75, 3.05) is 20.2 Å². The molecular formula is C16H20N2O3S. The molecule has 0 spiro atoms. The number of aliphatic hydroxyl groups excluding tert-OH is 1. The fourth-order valence-electron chi connectivity index (χ4n) is 2.31. The van der Waals surface area contributed by atoms with Gasteiger partial charge in [0, 0.05) is 19.5 Å². The zero-order valence-electron chi connectivity index (χ0n) is 12.7. The van der Waals surface area contributed by atoms with Crippen molar-refractivity contribution < 1.29 is 15.0 Å². The maximum atomic E-state index is 11.1. The number of likely N-dealkylation sites (N-methyl/N-ethyl adjacent to an activating group) is 1. The van der Waals surface area contributed by atoms with Crippen LogP contribution in [0.5, 0.6) is 0 Å². The Morgan fingerprint density at radius 3 is 2.59 bits per heavy atom. The summed E-state index contributed by atoms with van der Waals surface area (Å²) < 4.78 is 0. The molecule has 118 valence electrons. The third-order valence-corrected chi connectivity index (χ3v) is 4.56. The predicted octanol–water partition coefficient (Wildman–Crippen LogP) is 2.16. The summed E-state index contributed by atoms with van der Waals surface area (Å²) in [6, 6.07) is 8.06. The molecule has 5 nitrogen and oxygen atoms in total. The number of aliphatic hydroxyl groups is 1. The molecule has 0 aliphatic rings. The average Bonchev–Trinajstić information content (AvgIpc) is 2.82. The molecule has 6 heteroatoms. The maximum Gasteiger partial charge on any atom is 0.347 e. The minimum Gasteiger partial charge on any atom is -0.477 e. The summed E-state index contributed by atoms with van der Waals surface area (Å²) in [7, 11) is 1.96. The number of carboxylic acid groups (broad SMARTS) is 1. The van der Waals surface area contributed by atoms with Crippen molar-refractivity contribution in [1.82, 2.24) is 9.88 Å². The predicted molar refractivity (Wildman–Crippen MR) is 86.5 cm³/mol. The second-order valence-electron chi connectivity index (χ2n) is 5.23. The first-order valence-corrected chi connectivity index (χ1v) is 7.88. The van der Waals surface area contributed by atoms with Gasteiger partial charge >= 0.3 is 5.97 Å². The number of hydrogen-bond acceptors (Lipinski definition) is 5. The topological polar surface area (TPSA) is 73.7 Å². The minimum absolute atomic E-state index is 0.131. The van der Waals surface area contributed by atoms with Gasteiger partial charge in [-0.3, -0.25) is 4.90 Å².